The number of anilines is 1. The first kappa shape index (κ1) is 18.0. The number of hydrogen-bond acceptors (Lipinski definition) is 3. The Morgan fingerprint density at radius 2 is 1.50 bits per heavy atom. The third kappa shape index (κ3) is 4.72. The van der Waals surface area contributed by atoms with Crippen LogP contribution in [0.25, 0.3) is 0 Å². The third-order valence-corrected chi connectivity index (χ3v) is 3.00. The van der Waals surface area contributed by atoms with Crippen LogP contribution < -0.4 is 10.4 Å². The highest BCUT2D eigenvalue weighted by molar-refractivity contribution is 5.85. The van der Waals surface area contributed by atoms with E-state index in [1.807, 2.05) is 72.0 Å². The van der Waals surface area contributed by atoms with Gasteiger partial charge in [0.25, 0.3) is 0 Å². The summed E-state index contributed by atoms with van der Waals surface area (Å²) < 4.78 is 5.81. The van der Waals surface area contributed by atoms with Crippen LogP contribution >= 0.6 is 24.8 Å². The van der Waals surface area contributed by atoms with Crippen molar-refractivity contribution in [2.45, 2.75) is 6.61 Å². The molecule has 3 rings (SSSR count). The molecule has 3 nitrogen and oxygen atoms in total. The molecule has 0 aromatic heterocycles. The fourth-order valence-corrected chi connectivity index (χ4v) is 1.97. The summed E-state index contributed by atoms with van der Waals surface area (Å²) in [6, 6.07) is 20.2. The number of hydrogen-bond donors (Lipinski definition) is 1. The monoisotopic (exact) mass is 336 g/mol. The molecule has 0 atom stereocenters. The summed E-state index contributed by atoms with van der Waals surface area (Å²) >= 11 is 0. The molecule has 0 bridgehead atoms. The molecule has 0 unspecified atom stereocenters. The normalized spacial score (nSPS) is 12.4. The topological polar surface area (TPSA) is 24.5 Å². The lowest BCUT2D eigenvalue weighted by Crippen LogP contribution is -2.31. The fraction of sp³-hybridized carbons (Fsp3) is 0.0588. The van der Waals surface area contributed by atoms with Crippen molar-refractivity contribution in [3.05, 3.63) is 90.5 Å². The lowest BCUT2D eigenvalue weighted by Gasteiger charge is -2.24. The number of allylic oxidation sites excluding steroid dienone is 1. The second kappa shape index (κ2) is 9.03. The molecule has 0 spiro atoms. The number of rotatable bonds is 4. The summed E-state index contributed by atoms with van der Waals surface area (Å²) in [5.41, 5.74) is 5.39. The largest absolute Gasteiger partial charge is 0.487 e. The molecule has 1 N–H and O–H groups in total. The van der Waals surface area contributed by atoms with Crippen LogP contribution in [0, 0.1) is 0 Å². The van der Waals surface area contributed by atoms with Crippen LogP contribution in [-0.2, 0) is 11.3 Å². The molecule has 0 aliphatic carbocycles. The maximum absolute atomic E-state index is 5.81. The van der Waals surface area contributed by atoms with E-state index in [0.717, 1.165) is 17.0 Å². The van der Waals surface area contributed by atoms with Gasteiger partial charge in [-0.25, -0.2) is 0 Å². The smallest absolute Gasteiger partial charge is 0.139 e. The predicted molar refractivity (Wildman–Crippen MR) is 95.0 cm³/mol. The van der Waals surface area contributed by atoms with Crippen LogP contribution in [0.2, 0.25) is 0 Å². The molecule has 1 heterocycles. The molecule has 5 heteroatoms. The molecule has 0 saturated carbocycles. The van der Waals surface area contributed by atoms with Gasteiger partial charge in [-0.15, -0.1) is 24.8 Å². The van der Waals surface area contributed by atoms with Crippen LogP contribution in [0.1, 0.15) is 5.56 Å². The van der Waals surface area contributed by atoms with Crippen molar-refractivity contribution < 1.29 is 4.74 Å². The number of benzene rings is 2. The Labute approximate surface area is 143 Å². The van der Waals surface area contributed by atoms with E-state index in [9.17, 15) is 0 Å². The zero-order chi connectivity index (χ0) is 13.6. The average molecular weight is 337 g/mol. The van der Waals surface area contributed by atoms with Crippen molar-refractivity contribution in [2.24, 2.45) is 0 Å². The molecule has 0 fully saturated rings. The summed E-state index contributed by atoms with van der Waals surface area (Å²) in [5, 5.41) is 1.93. The first-order valence-electron chi connectivity index (χ1n) is 6.57. The van der Waals surface area contributed by atoms with Crippen LogP contribution in [-0.4, -0.2) is 0 Å². The van der Waals surface area contributed by atoms with E-state index in [1.165, 1.54) is 0 Å². The van der Waals surface area contributed by atoms with Gasteiger partial charge in [-0.05, 0) is 23.8 Å². The Kier molecular flexibility index (Phi) is 7.37. The van der Waals surface area contributed by atoms with Crippen molar-refractivity contribution in [3.63, 3.8) is 0 Å². The van der Waals surface area contributed by atoms with Crippen LogP contribution in [0.4, 0.5) is 5.69 Å². The quantitative estimate of drug-likeness (QED) is 0.893. The number of halogens is 2. The van der Waals surface area contributed by atoms with Crippen molar-refractivity contribution in [1.82, 2.24) is 5.43 Å². The van der Waals surface area contributed by atoms with Crippen LogP contribution in [0.3, 0.4) is 0 Å². The summed E-state index contributed by atoms with van der Waals surface area (Å²) in [7, 11) is 0. The molecular formula is C17H18Cl2N2O. The molecule has 1 aliphatic heterocycles. The van der Waals surface area contributed by atoms with Gasteiger partial charge in [0.15, 0.2) is 0 Å². The lowest BCUT2D eigenvalue weighted by molar-refractivity contribution is 0.208. The summed E-state index contributed by atoms with van der Waals surface area (Å²) in [4.78, 5) is 0. The number of ether oxygens (including phenoxy) is 1. The second-order valence-corrected chi connectivity index (χ2v) is 4.47. The van der Waals surface area contributed by atoms with Gasteiger partial charge in [0.1, 0.15) is 12.4 Å². The van der Waals surface area contributed by atoms with Gasteiger partial charge in [-0.3, -0.25) is 5.01 Å². The molecule has 0 radical (unpaired) electrons. The van der Waals surface area contributed by atoms with Gasteiger partial charge in [0.05, 0.1) is 11.9 Å². The average Bonchev–Trinajstić information content (AvgIpc) is 2.55. The van der Waals surface area contributed by atoms with Gasteiger partial charge in [0.2, 0.25) is 0 Å². The summed E-state index contributed by atoms with van der Waals surface area (Å²) in [6.07, 6.45) is 5.73. The van der Waals surface area contributed by atoms with Crippen molar-refractivity contribution >= 4 is 30.5 Å². The zero-order valence-electron chi connectivity index (χ0n) is 11.9. The van der Waals surface area contributed by atoms with Crippen LogP contribution in [0.5, 0.6) is 0 Å². The van der Waals surface area contributed by atoms with E-state index in [-0.39, 0.29) is 24.8 Å². The first-order valence-corrected chi connectivity index (χ1v) is 6.57. The Bertz CT molecular complexity index is 615. The molecule has 22 heavy (non-hydrogen) atoms. The van der Waals surface area contributed by atoms with Gasteiger partial charge in [0, 0.05) is 6.20 Å². The Morgan fingerprint density at radius 1 is 0.864 bits per heavy atom. The number of nitrogens with one attached hydrogen (secondary N) is 1. The number of para-hydroxylation sites is 1. The summed E-state index contributed by atoms with van der Waals surface area (Å²) in [6.45, 7) is 0.569. The minimum atomic E-state index is 0. The molecule has 116 valence electrons. The van der Waals surface area contributed by atoms with Crippen LogP contribution in [0.15, 0.2) is 84.9 Å². The maximum atomic E-state index is 5.81. The number of nitrogens with zero attached hydrogens (tertiary/aromatic N) is 1. The first-order chi connectivity index (χ1) is 9.92. The number of hydrazine groups is 1. The molecule has 2 aromatic rings. The second-order valence-electron chi connectivity index (χ2n) is 4.47. The van der Waals surface area contributed by atoms with E-state index in [0.29, 0.717) is 6.61 Å². The van der Waals surface area contributed by atoms with Crippen molar-refractivity contribution in [2.75, 3.05) is 5.01 Å². The Hall–Kier alpha value is -2.10. The van der Waals surface area contributed by atoms with Gasteiger partial charge < -0.3 is 10.2 Å². The highest BCUT2D eigenvalue weighted by Crippen LogP contribution is 2.17. The lowest BCUT2D eigenvalue weighted by atomic mass is 10.2. The Balaban J connectivity index is 0.00000121. The van der Waals surface area contributed by atoms with E-state index in [4.69, 9.17) is 4.74 Å². The van der Waals surface area contributed by atoms with Crippen molar-refractivity contribution in [1.29, 1.82) is 0 Å². The minimum Gasteiger partial charge on any atom is -0.487 e. The standard InChI is InChI=1S/C17H16N2O.2ClH/c1-3-7-15(8-4-1)14-20-17-11-12-18-19(13-17)16-9-5-2-6-10-16;;/h1-13,18H,14H2;2*1H. The van der Waals surface area contributed by atoms with E-state index in [1.54, 1.807) is 0 Å². The highest BCUT2D eigenvalue weighted by Gasteiger charge is 2.07. The Morgan fingerprint density at radius 3 is 2.18 bits per heavy atom. The molecule has 2 aromatic carbocycles. The molecule has 0 amide bonds. The highest BCUT2D eigenvalue weighted by atomic mass is 35.5. The third-order valence-electron chi connectivity index (χ3n) is 3.00. The summed E-state index contributed by atoms with van der Waals surface area (Å²) in [5.74, 6) is 0.830. The predicted octanol–water partition coefficient (Wildman–Crippen LogP) is 4.43. The van der Waals surface area contributed by atoms with E-state index >= 15 is 0 Å². The van der Waals surface area contributed by atoms with Crippen molar-refractivity contribution in [3.8, 4) is 0 Å². The molecular weight excluding hydrogens is 319 g/mol. The van der Waals surface area contributed by atoms with Gasteiger partial charge in [-0.2, -0.15) is 0 Å². The van der Waals surface area contributed by atoms with Gasteiger partial charge >= 0.3 is 0 Å². The minimum absolute atomic E-state index is 0. The SMILES string of the molecule is C1=CC(OCc2ccccc2)=CN(c2ccccc2)N1.Cl.Cl. The molecule has 0 saturated heterocycles. The zero-order valence-corrected chi connectivity index (χ0v) is 13.5. The van der Waals surface area contributed by atoms with Gasteiger partial charge in [-0.1, -0.05) is 48.5 Å². The fourth-order valence-electron chi connectivity index (χ4n) is 1.97. The maximum Gasteiger partial charge on any atom is 0.139 e. The van der Waals surface area contributed by atoms with E-state index in [2.05, 4.69) is 17.6 Å². The van der Waals surface area contributed by atoms with E-state index < -0.39 is 0 Å². The molecule has 1 aliphatic rings.